The molecule has 0 aliphatic carbocycles. The third-order valence-corrected chi connectivity index (χ3v) is 5.61. The molecule has 190 valence electrons. The van der Waals surface area contributed by atoms with Gasteiger partial charge in [-0.05, 0) is 25.1 Å². The molecule has 3 aromatic heterocycles. The summed E-state index contributed by atoms with van der Waals surface area (Å²) in [6, 6.07) is 7.10. The van der Waals surface area contributed by atoms with Crippen molar-refractivity contribution in [1.82, 2.24) is 18.9 Å². The number of aryl methyl sites for hydroxylation is 1. The van der Waals surface area contributed by atoms with E-state index in [9.17, 15) is 31.5 Å². The Morgan fingerprint density at radius 3 is 2.34 bits per heavy atom. The van der Waals surface area contributed by atoms with E-state index in [1.165, 1.54) is 28.3 Å². The van der Waals surface area contributed by atoms with E-state index < -0.39 is 23.9 Å². The van der Waals surface area contributed by atoms with Gasteiger partial charge in [0.2, 0.25) is 0 Å². The molecule has 35 heavy (non-hydrogen) atoms. The van der Waals surface area contributed by atoms with E-state index in [0.717, 1.165) is 20.0 Å². The number of pyridine rings is 1. The first kappa shape index (κ1) is 27.7. The molecule has 3 aromatic rings. The summed E-state index contributed by atoms with van der Waals surface area (Å²) in [5, 5.41) is 11.0. The summed E-state index contributed by atoms with van der Waals surface area (Å²) in [5.41, 5.74) is 5.33. The van der Waals surface area contributed by atoms with Crippen molar-refractivity contribution in [2.45, 2.75) is 32.7 Å². The fourth-order valence-corrected chi connectivity index (χ4v) is 3.68. The van der Waals surface area contributed by atoms with E-state index in [2.05, 4.69) is 5.10 Å². The Hall–Kier alpha value is -3.59. The Balaban J connectivity index is 0.000000540. The third kappa shape index (κ3) is 7.45. The van der Waals surface area contributed by atoms with Crippen molar-refractivity contribution in [3.8, 4) is 10.4 Å². The summed E-state index contributed by atoms with van der Waals surface area (Å²) in [7, 11) is 0. The Labute approximate surface area is 198 Å². The summed E-state index contributed by atoms with van der Waals surface area (Å²) < 4.78 is 61.2. The van der Waals surface area contributed by atoms with Gasteiger partial charge in [0, 0.05) is 46.2 Å². The zero-order chi connectivity index (χ0) is 26.3. The molecule has 0 atom stereocenters. The molecule has 0 unspecified atom stereocenters. The van der Waals surface area contributed by atoms with Gasteiger partial charge in [0.25, 0.3) is 11.6 Å². The van der Waals surface area contributed by atoms with Gasteiger partial charge in [-0.2, -0.15) is 27.1 Å². The second-order valence-corrected chi connectivity index (χ2v) is 8.05. The van der Waals surface area contributed by atoms with Crippen molar-refractivity contribution in [1.29, 1.82) is 0 Å². The number of rotatable bonds is 7. The maximum atomic E-state index is 12.7. The number of thiophene rings is 1. The van der Waals surface area contributed by atoms with Crippen molar-refractivity contribution in [2.75, 3.05) is 6.54 Å². The van der Waals surface area contributed by atoms with Crippen molar-refractivity contribution >= 4 is 17.3 Å². The number of carboxylic acids is 1. The molecule has 0 bridgehead atoms. The normalized spacial score (nSPS) is 11.1. The van der Waals surface area contributed by atoms with E-state index in [1.807, 2.05) is 19.1 Å². The van der Waals surface area contributed by atoms with Gasteiger partial charge in [0.1, 0.15) is 6.33 Å². The van der Waals surface area contributed by atoms with Crippen molar-refractivity contribution in [3.63, 3.8) is 0 Å². The van der Waals surface area contributed by atoms with Crippen LogP contribution in [0.1, 0.15) is 11.8 Å². The predicted octanol–water partition coefficient (Wildman–Crippen LogP) is 2.75. The minimum absolute atomic E-state index is 0.0578. The fourth-order valence-electron chi connectivity index (χ4n) is 2.68. The van der Waals surface area contributed by atoms with Crippen molar-refractivity contribution in [2.24, 2.45) is 5.73 Å². The molecule has 0 saturated carbocycles. The first-order valence-electron chi connectivity index (χ1n) is 9.82. The first-order valence-corrected chi connectivity index (χ1v) is 10.6. The van der Waals surface area contributed by atoms with Crippen molar-refractivity contribution < 1.29 is 31.9 Å². The van der Waals surface area contributed by atoms with Crippen LogP contribution < -0.4 is 17.0 Å². The minimum atomic E-state index is -5.08. The fraction of sp³-hybridized carbons (Fsp3) is 0.300. The molecule has 3 rings (SSSR count). The number of nitrogens with zero attached hydrogens (tertiary/aromatic N) is 4. The lowest BCUT2D eigenvalue weighted by atomic mass is 10.2. The highest BCUT2D eigenvalue weighted by Crippen LogP contribution is 2.27. The number of carbonyl (C=O) groups is 1. The van der Waals surface area contributed by atoms with Gasteiger partial charge in [-0.1, -0.05) is 0 Å². The van der Waals surface area contributed by atoms with Gasteiger partial charge in [0.15, 0.2) is 0 Å². The quantitative estimate of drug-likeness (QED) is 0.461. The lowest BCUT2D eigenvalue weighted by Crippen LogP contribution is -2.27. The first-order chi connectivity index (χ1) is 16.4. The van der Waals surface area contributed by atoms with E-state index in [4.69, 9.17) is 15.6 Å². The molecule has 0 saturated heterocycles. The molecule has 0 amide bonds. The molecule has 0 aromatic carbocycles. The molecule has 9 nitrogen and oxygen atoms in total. The average Bonchev–Trinajstić information content (AvgIpc) is 3.39. The van der Waals surface area contributed by atoms with Gasteiger partial charge < -0.3 is 15.4 Å². The predicted molar refractivity (Wildman–Crippen MR) is 117 cm³/mol. The summed E-state index contributed by atoms with van der Waals surface area (Å²) in [5.74, 6) is -2.76. The van der Waals surface area contributed by atoms with Crippen LogP contribution in [0.15, 0.2) is 58.0 Å². The molecular formula is C20H20F5N5O4S. The molecule has 0 spiro atoms. The monoisotopic (exact) mass is 521 g/mol. The third-order valence-electron chi connectivity index (χ3n) is 4.49. The SMILES string of the molecule is CCn1cc(-c2ccc(Cn3cnn(CC(CN)=C(F)F)c3=O)s2)ccc1=O.O=C(O)C(F)(F)F. The highest BCUT2D eigenvalue weighted by Gasteiger charge is 2.38. The number of hydrogen-bond donors (Lipinski definition) is 2. The molecule has 3 N–H and O–H groups in total. The summed E-state index contributed by atoms with van der Waals surface area (Å²) in [4.78, 5) is 34.8. The highest BCUT2D eigenvalue weighted by molar-refractivity contribution is 7.15. The van der Waals surface area contributed by atoms with Gasteiger partial charge in [-0.25, -0.2) is 14.3 Å². The number of halogens is 5. The number of alkyl halides is 3. The number of nitrogens with two attached hydrogens (primary N) is 1. The topological polar surface area (TPSA) is 125 Å². The molecule has 3 heterocycles. The van der Waals surface area contributed by atoms with Crippen LogP contribution in [0.3, 0.4) is 0 Å². The zero-order valence-corrected chi connectivity index (χ0v) is 18.9. The lowest BCUT2D eigenvalue weighted by Gasteiger charge is -2.04. The molecular weight excluding hydrogens is 501 g/mol. The Morgan fingerprint density at radius 1 is 1.14 bits per heavy atom. The van der Waals surface area contributed by atoms with E-state index in [-0.39, 0.29) is 30.8 Å². The molecule has 15 heteroatoms. The summed E-state index contributed by atoms with van der Waals surface area (Å²) in [6.45, 7) is 2.08. The summed E-state index contributed by atoms with van der Waals surface area (Å²) >= 11 is 1.49. The van der Waals surface area contributed by atoms with Gasteiger partial charge in [-0.15, -0.1) is 11.3 Å². The van der Waals surface area contributed by atoms with Gasteiger partial charge in [0.05, 0.1) is 13.1 Å². The van der Waals surface area contributed by atoms with E-state index in [0.29, 0.717) is 6.54 Å². The Morgan fingerprint density at radius 2 is 1.80 bits per heavy atom. The number of aromatic nitrogens is 4. The minimum Gasteiger partial charge on any atom is -0.475 e. The lowest BCUT2D eigenvalue weighted by molar-refractivity contribution is -0.192. The smallest absolute Gasteiger partial charge is 0.475 e. The van der Waals surface area contributed by atoms with Gasteiger partial charge >= 0.3 is 17.8 Å². The number of carboxylic acid groups (broad SMARTS) is 1. The van der Waals surface area contributed by atoms with Crippen LogP contribution in [0.25, 0.3) is 10.4 Å². The molecule has 0 fully saturated rings. The average molecular weight is 521 g/mol. The summed E-state index contributed by atoms with van der Waals surface area (Å²) in [6.07, 6.45) is -3.85. The van der Waals surface area contributed by atoms with Crippen LogP contribution in [-0.4, -0.2) is 42.7 Å². The molecule has 0 aliphatic heterocycles. The second kappa shape index (κ2) is 11.7. The maximum absolute atomic E-state index is 12.7. The maximum Gasteiger partial charge on any atom is 0.490 e. The van der Waals surface area contributed by atoms with E-state index in [1.54, 1.807) is 16.8 Å². The van der Waals surface area contributed by atoms with Crippen LogP contribution in [0.4, 0.5) is 22.0 Å². The van der Waals surface area contributed by atoms with Crippen LogP contribution in [-0.2, 0) is 24.4 Å². The standard InChI is InChI=1S/C18H19F2N5O2S.C2HF3O2/c1-2-23-8-12(3-6-16(23)26)15-5-4-14(28-15)10-24-11-22-25(18(24)27)9-13(7-21)17(19)20;3-2(4,5)1(6)7/h3-6,8,11H,2,7,9-10,21H2,1H3;(H,6,7). The van der Waals surface area contributed by atoms with Crippen LogP contribution in [0.5, 0.6) is 0 Å². The number of hydrogen-bond acceptors (Lipinski definition) is 6. The van der Waals surface area contributed by atoms with Crippen LogP contribution in [0, 0.1) is 0 Å². The van der Waals surface area contributed by atoms with Crippen LogP contribution in [0.2, 0.25) is 0 Å². The van der Waals surface area contributed by atoms with Crippen LogP contribution >= 0.6 is 11.3 Å². The van der Waals surface area contributed by atoms with E-state index >= 15 is 0 Å². The van der Waals surface area contributed by atoms with Gasteiger partial charge in [-0.3, -0.25) is 9.36 Å². The number of aliphatic carboxylic acids is 1. The molecule has 0 aliphatic rings. The molecule has 0 radical (unpaired) electrons. The highest BCUT2D eigenvalue weighted by atomic mass is 32.1. The van der Waals surface area contributed by atoms with Crippen molar-refractivity contribution in [3.05, 3.63) is 74.2 Å². The second-order valence-electron chi connectivity index (χ2n) is 6.88. The Bertz CT molecular complexity index is 1320. The largest absolute Gasteiger partial charge is 0.490 e. The Kier molecular flexibility index (Phi) is 9.25. The zero-order valence-electron chi connectivity index (χ0n) is 18.1.